The standard InChI is InChI=1S/C22H26ClN3/c23-17-13-11-16(12-14-17)21-19(15-24)18-9-7-5-3-1-2-4-6-8-10-20(18)26-22(21)25/h11-14H,1-10H2,(H2,25,26). The summed E-state index contributed by atoms with van der Waals surface area (Å²) >= 11 is 6.02. The summed E-state index contributed by atoms with van der Waals surface area (Å²) < 4.78 is 0. The van der Waals surface area contributed by atoms with E-state index in [2.05, 4.69) is 6.07 Å². The minimum absolute atomic E-state index is 0.453. The Morgan fingerprint density at radius 1 is 0.885 bits per heavy atom. The fourth-order valence-electron chi connectivity index (χ4n) is 3.86. The third-order valence-corrected chi connectivity index (χ3v) is 5.50. The lowest BCUT2D eigenvalue weighted by atomic mass is 9.90. The molecule has 0 aliphatic heterocycles. The number of hydrogen-bond acceptors (Lipinski definition) is 3. The summed E-state index contributed by atoms with van der Waals surface area (Å²) in [5.74, 6) is 0.453. The van der Waals surface area contributed by atoms with Crippen molar-refractivity contribution in [1.82, 2.24) is 4.98 Å². The van der Waals surface area contributed by atoms with Gasteiger partial charge in [-0.05, 0) is 48.9 Å². The quantitative estimate of drug-likeness (QED) is 0.664. The molecule has 1 aliphatic carbocycles. The minimum atomic E-state index is 0.453. The van der Waals surface area contributed by atoms with Gasteiger partial charge in [0.15, 0.2) is 0 Å². The first kappa shape index (κ1) is 18.7. The van der Waals surface area contributed by atoms with Crippen LogP contribution in [0.15, 0.2) is 24.3 Å². The summed E-state index contributed by atoms with van der Waals surface area (Å²) in [5.41, 5.74) is 10.8. The van der Waals surface area contributed by atoms with Crippen LogP contribution in [0.25, 0.3) is 11.1 Å². The molecule has 1 aromatic heterocycles. The Kier molecular flexibility index (Phi) is 6.52. The molecule has 26 heavy (non-hydrogen) atoms. The van der Waals surface area contributed by atoms with Crippen LogP contribution in [0.5, 0.6) is 0 Å². The number of benzene rings is 1. The lowest BCUT2D eigenvalue weighted by molar-refractivity contribution is 0.557. The Morgan fingerprint density at radius 3 is 2.08 bits per heavy atom. The van der Waals surface area contributed by atoms with E-state index in [1.54, 1.807) is 0 Å². The molecule has 0 spiro atoms. The zero-order valence-electron chi connectivity index (χ0n) is 15.2. The highest BCUT2D eigenvalue weighted by Gasteiger charge is 2.19. The molecule has 0 saturated heterocycles. The molecular weight excluding hydrogens is 342 g/mol. The van der Waals surface area contributed by atoms with E-state index in [4.69, 9.17) is 22.3 Å². The van der Waals surface area contributed by atoms with Gasteiger partial charge in [0.05, 0.1) is 5.56 Å². The summed E-state index contributed by atoms with van der Waals surface area (Å²) in [6.07, 6.45) is 11.7. The zero-order valence-corrected chi connectivity index (χ0v) is 16.0. The number of rotatable bonds is 1. The van der Waals surface area contributed by atoms with Gasteiger partial charge in [-0.1, -0.05) is 62.3 Å². The van der Waals surface area contributed by atoms with Crippen molar-refractivity contribution in [3.05, 3.63) is 46.1 Å². The van der Waals surface area contributed by atoms with Gasteiger partial charge in [-0.25, -0.2) is 4.98 Å². The molecule has 0 amide bonds. The molecule has 3 rings (SSSR count). The smallest absolute Gasteiger partial charge is 0.132 e. The molecule has 2 aromatic rings. The van der Waals surface area contributed by atoms with Crippen molar-refractivity contribution in [3.63, 3.8) is 0 Å². The molecule has 2 N–H and O–H groups in total. The van der Waals surface area contributed by atoms with Gasteiger partial charge >= 0.3 is 0 Å². The van der Waals surface area contributed by atoms with Crippen molar-refractivity contribution >= 4 is 17.4 Å². The maximum atomic E-state index is 9.94. The van der Waals surface area contributed by atoms with Gasteiger partial charge in [-0.2, -0.15) is 5.26 Å². The first-order valence-electron chi connectivity index (χ1n) is 9.68. The lowest BCUT2D eigenvalue weighted by Gasteiger charge is -2.17. The molecule has 1 aromatic carbocycles. The highest BCUT2D eigenvalue weighted by molar-refractivity contribution is 6.30. The van der Waals surface area contributed by atoms with E-state index < -0.39 is 0 Å². The molecule has 0 fully saturated rings. The predicted octanol–water partition coefficient (Wildman–Crippen LogP) is 6.08. The van der Waals surface area contributed by atoms with Crippen LogP contribution in [0.1, 0.15) is 68.2 Å². The largest absolute Gasteiger partial charge is 0.383 e. The maximum Gasteiger partial charge on any atom is 0.132 e. The highest BCUT2D eigenvalue weighted by atomic mass is 35.5. The lowest BCUT2D eigenvalue weighted by Crippen LogP contribution is -2.09. The van der Waals surface area contributed by atoms with E-state index in [0.717, 1.165) is 48.1 Å². The zero-order chi connectivity index (χ0) is 18.4. The Labute approximate surface area is 161 Å². The van der Waals surface area contributed by atoms with Gasteiger partial charge in [-0.15, -0.1) is 0 Å². The molecule has 0 radical (unpaired) electrons. The van der Waals surface area contributed by atoms with Crippen molar-refractivity contribution in [2.45, 2.75) is 64.2 Å². The molecule has 0 bridgehead atoms. The molecule has 1 heterocycles. The van der Waals surface area contributed by atoms with E-state index in [1.165, 1.54) is 38.5 Å². The second-order valence-corrected chi connectivity index (χ2v) is 7.56. The average Bonchev–Trinajstić information content (AvgIpc) is 2.63. The number of halogens is 1. The van der Waals surface area contributed by atoms with Crippen LogP contribution >= 0.6 is 11.6 Å². The van der Waals surface area contributed by atoms with Crippen LogP contribution in [0, 0.1) is 11.3 Å². The summed E-state index contributed by atoms with van der Waals surface area (Å²) in [6, 6.07) is 9.93. The highest BCUT2D eigenvalue weighted by Crippen LogP contribution is 2.34. The van der Waals surface area contributed by atoms with Crippen LogP contribution in [0.3, 0.4) is 0 Å². The number of pyridine rings is 1. The fourth-order valence-corrected chi connectivity index (χ4v) is 3.98. The number of nitrogens with zero attached hydrogens (tertiary/aromatic N) is 2. The Hall–Kier alpha value is -2.05. The van der Waals surface area contributed by atoms with E-state index in [9.17, 15) is 5.26 Å². The normalized spacial score (nSPS) is 16.0. The maximum absolute atomic E-state index is 9.94. The first-order chi connectivity index (χ1) is 12.7. The van der Waals surface area contributed by atoms with Crippen molar-refractivity contribution < 1.29 is 0 Å². The Bertz CT molecular complexity index is 791. The van der Waals surface area contributed by atoms with Crippen LogP contribution in [0.2, 0.25) is 5.02 Å². The first-order valence-corrected chi connectivity index (χ1v) is 10.1. The van der Waals surface area contributed by atoms with Gasteiger partial charge in [0.25, 0.3) is 0 Å². The van der Waals surface area contributed by atoms with Crippen molar-refractivity contribution in [2.24, 2.45) is 0 Å². The summed E-state index contributed by atoms with van der Waals surface area (Å²) in [5, 5.41) is 10.6. The van der Waals surface area contributed by atoms with Gasteiger partial charge in [0.1, 0.15) is 11.9 Å². The number of anilines is 1. The van der Waals surface area contributed by atoms with Gasteiger partial charge < -0.3 is 5.73 Å². The van der Waals surface area contributed by atoms with Crippen LogP contribution in [-0.2, 0) is 12.8 Å². The SMILES string of the molecule is N#Cc1c2c(nc(N)c1-c1ccc(Cl)cc1)CCCCCCCCCC2. The molecular formula is C22H26ClN3. The summed E-state index contributed by atoms with van der Waals surface area (Å²) in [6.45, 7) is 0. The third-order valence-electron chi connectivity index (χ3n) is 5.25. The monoisotopic (exact) mass is 367 g/mol. The fraction of sp³-hybridized carbons (Fsp3) is 0.455. The molecule has 0 saturated carbocycles. The second-order valence-electron chi connectivity index (χ2n) is 7.12. The Morgan fingerprint density at radius 2 is 1.46 bits per heavy atom. The predicted molar refractivity (Wildman–Crippen MR) is 108 cm³/mol. The van der Waals surface area contributed by atoms with Crippen molar-refractivity contribution in [3.8, 4) is 17.2 Å². The number of nitrogens with two attached hydrogens (primary N) is 1. The summed E-state index contributed by atoms with van der Waals surface area (Å²) in [7, 11) is 0. The number of hydrogen-bond donors (Lipinski definition) is 1. The molecule has 3 nitrogen and oxygen atoms in total. The van der Waals surface area contributed by atoms with E-state index >= 15 is 0 Å². The number of aromatic nitrogens is 1. The molecule has 0 atom stereocenters. The third kappa shape index (κ3) is 4.37. The van der Waals surface area contributed by atoms with Gasteiger partial charge in [0.2, 0.25) is 0 Å². The second kappa shape index (κ2) is 9.05. The van der Waals surface area contributed by atoms with Gasteiger partial charge in [-0.3, -0.25) is 0 Å². The number of nitrogen functional groups attached to an aromatic ring is 1. The van der Waals surface area contributed by atoms with Crippen molar-refractivity contribution in [1.29, 1.82) is 5.26 Å². The molecule has 1 aliphatic rings. The topological polar surface area (TPSA) is 62.7 Å². The van der Waals surface area contributed by atoms with Crippen LogP contribution in [-0.4, -0.2) is 4.98 Å². The number of aryl methyl sites for hydroxylation is 1. The number of nitriles is 1. The van der Waals surface area contributed by atoms with E-state index in [-0.39, 0.29) is 0 Å². The van der Waals surface area contributed by atoms with Gasteiger partial charge in [0, 0.05) is 16.3 Å². The number of fused-ring (bicyclic) bond motifs is 1. The molecule has 4 heteroatoms. The van der Waals surface area contributed by atoms with Crippen molar-refractivity contribution in [2.75, 3.05) is 5.73 Å². The van der Waals surface area contributed by atoms with E-state index in [1.807, 2.05) is 24.3 Å². The van der Waals surface area contributed by atoms with E-state index in [0.29, 0.717) is 16.4 Å². The molecule has 136 valence electrons. The summed E-state index contributed by atoms with van der Waals surface area (Å²) in [4.78, 5) is 4.74. The average molecular weight is 368 g/mol. The Balaban J connectivity index is 2.05. The molecule has 0 unspecified atom stereocenters. The van der Waals surface area contributed by atoms with Crippen LogP contribution in [0.4, 0.5) is 5.82 Å². The minimum Gasteiger partial charge on any atom is -0.383 e. The van der Waals surface area contributed by atoms with Crippen LogP contribution < -0.4 is 5.73 Å².